The Morgan fingerprint density at radius 2 is 2.25 bits per heavy atom. The van der Waals surface area contributed by atoms with Crippen LogP contribution in [0.5, 0.6) is 0 Å². The van der Waals surface area contributed by atoms with Crippen LogP contribution in [0.4, 0.5) is 4.39 Å². The van der Waals surface area contributed by atoms with Crippen LogP contribution in [0.2, 0.25) is 0 Å². The quantitative estimate of drug-likeness (QED) is 0.669. The number of halogens is 1. The molecule has 0 bridgehead atoms. The van der Waals surface area contributed by atoms with E-state index in [9.17, 15) is 4.39 Å². The van der Waals surface area contributed by atoms with Gasteiger partial charge in [0, 0.05) is 16.7 Å². The third-order valence-electron chi connectivity index (χ3n) is 1.80. The Hall–Kier alpha value is -0.960. The van der Waals surface area contributed by atoms with Gasteiger partial charge in [-0.3, -0.25) is 0 Å². The first-order valence-electron chi connectivity index (χ1n) is 3.58. The maximum atomic E-state index is 13.0. The lowest BCUT2D eigenvalue weighted by Gasteiger charge is -1.90. The fraction of sp³-hybridized carbons (Fsp3) is 0.111. The van der Waals surface area contributed by atoms with E-state index >= 15 is 0 Å². The topological polar surface area (TPSA) is 13.1 Å². The zero-order valence-corrected chi connectivity index (χ0v) is 7.14. The molecule has 3 heteroatoms. The van der Waals surface area contributed by atoms with Gasteiger partial charge in [-0.15, -0.1) is 0 Å². The van der Waals surface area contributed by atoms with Crippen molar-refractivity contribution in [2.75, 3.05) is 0 Å². The second kappa shape index (κ2) is 2.83. The van der Waals surface area contributed by atoms with Gasteiger partial charge in [-0.05, 0) is 6.07 Å². The summed E-state index contributed by atoms with van der Waals surface area (Å²) in [5.74, 6) is 0.247. The lowest BCUT2D eigenvalue weighted by molar-refractivity contribution is 0.559. The normalized spacial score (nSPS) is 10.8. The Labute approximate surface area is 74.6 Å². The molecule has 1 nitrogen and oxygen atoms in total. The fourth-order valence-corrected chi connectivity index (χ4v) is 1.44. The van der Waals surface area contributed by atoms with E-state index in [0.29, 0.717) is 11.3 Å². The zero-order chi connectivity index (χ0) is 8.55. The molecule has 62 valence electrons. The molecule has 1 aromatic heterocycles. The van der Waals surface area contributed by atoms with Crippen molar-refractivity contribution < 1.29 is 8.81 Å². The predicted octanol–water partition coefficient (Wildman–Crippen LogP) is 3.00. The molecule has 0 saturated carbocycles. The van der Waals surface area contributed by atoms with Gasteiger partial charge in [0.05, 0.1) is 6.26 Å². The lowest BCUT2D eigenvalue weighted by Crippen LogP contribution is -1.75. The highest BCUT2D eigenvalue weighted by molar-refractivity contribution is 7.79. The van der Waals surface area contributed by atoms with Gasteiger partial charge in [0.25, 0.3) is 0 Å². The van der Waals surface area contributed by atoms with Gasteiger partial charge in [-0.1, -0.05) is 12.1 Å². The molecule has 0 aliphatic carbocycles. The molecule has 0 fully saturated rings. The Bertz CT molecular complexity index is 408. The van der Waals surface area contributed by atoms with Crippen molar-refractivity contribution in [1.82, 2.24) is 0 Å². The molecule has 2 rings (SSSR count). The molecule has 0 aliphatic rings. The molecular formula is C9H7FOS. The molecule has 0 unspecified atom stereocenters. The van der Waals surface area contributed by atoms with Crippen LogP contribution in [-0.4, -0.2) is 0 Å². The van der Waals surface area contributed by atoms with Crippen LogP contribution < -0.4 is 0 Å². The lowest BCUT2D eigenvalue weighted by atomic mass is 10.2. The van der Waals surface area contributed by atoms with Crippen molar-refractivity contribution in [2.45, 2.75) is 5.75 Å². The maximum Gasteiger partial charge on any atom is 0.169 e. The number of fused-ring (bicyclic) bond motifs is 1. The molecule has 0 saturated heterocycles. The van der Waals surface area contributed by atoms with E-state index in [1.54, 1.807) is 12.3 Å². The van der Waals surface area contributed by atoms with Gasteiger partial charge in [0.2, 0.25) is 0 Å². The number of hydrogen-bond donors (Lipinski definition) is 1. The highest BCUT2D eigenvalue weighted by Gasteiger charge is 2.07. The minimum atomic E-state index is -0.319. The number of furan rings is 1. The van der Waals surface area contributed by atoms with E-state index in [4.69, 9.17) is 4.42 Å². The van der Waals surface area contributed by atoms with E-state index in [-0.39, 0.29) is 5.82 Å². The molecule has 0 spiro atoms. The van der Waals surface area contributed by atoms with Crippen molar-refractivity contribution in [3.63, 3.8) is 0 Å². The van der Waals surface area contributed by atoms with Gasteiger partial charge in [-0.2, -0.15) is 12.6 Å². The predicted molar refractivity (Wildman–Crippen MR) is 48.9 cm³/mol. The largest absolute Gasteiger partial charge is 0.461 e. The Kier molecular flexibility index (Phi) is 1.81. The highest BCUT2D eigenvalue weighted by Crippen LogP contribution is 2.24. The number of para-hydroxylation sites is 1. The Morgan fingerprint density at radius 1 is 1.42 bits per heavy atom. The van der Waals surface area contributed by atoms with Gasteiger partial charge in [0.1, 0.15) is 0 Å². The minimum absolute atomic E-state index is 0.319. The van der Waals surface area contributed by atoms with Crippen molar-refractivity contribution in [3.8, 4) is 0 Å². The second-order valence-corrected chi connectivity index (χ2v) is 2.85. The number of benzene rings is 1. The average Bonchev–Trinajstić information content (AvgIpc) is 2.49. The first kappa shape index (κ1) is 7.68. The van der Waals surface area contributed by atoms with Crippen molar-refractivity contribution >= 4 is 23.6 Å². The van der Waals surface area contributed by atoms with Crippen LogP contribution >= 0.6 is 12.6 Å². The first-order chi connectivity index (χ1) is 5.83. The summed E-state index contributed by atoms with van der Waals surface area (Å²) in [5, 5.41) is 0.810. The van der Waals surface area contributed by atoms with Crippen LogP contribution in [0.25, 0.3) is 11.0 Å². The molecule has 0 atom stereocenters. The van der Waals surface area contributed by atoms with Crippen LogP contribution in [0.3, 0.4) is 0 Å². The Morgan fingerprint density at radius 3 is 3.00 bits per heavy atom. The summed E-state index contributed by atoms with van der Waals surface area (Å²) in [6.45, 7) is 0. The Balaban J connectivity index is 2.80. The summed E-state index contributed by atoms with van der Waals surface area (Å²) in [6.07, 6.45) is 1.54. The van der Waals surface area contributed by atoms with Gasteiger partial charge in [0.15, 0.2) is 11.4 Å². The molecule has 2 aromatic rings. The SMILES string of the molecule is Fc1cccc2c(CS)coc12. The van der Waals surface area contributed by atoms with Gasteiger partial charge < -0.3 is 4.42 Å². The van der Waals surface area contributed by atoms with Crippen LogP contribution in [0, 0.1) is 5.82 Å². The molecule has 1 heterocycles. The third-order valence-corrected chi connectivity index (χ3v) is 2.14. The molecule has 0 N–H and O–H groups in total. The minimum Gasteiger partial charge on any atom is -0.461 e. The smallest absolute Gasteiger partial charge is 0.169 e. The summed E-state index contributed by atoms with van der Waals surface area (Å²) in [6, 6.07) is 4.88. The summed E-state index contributed by atoms with van der Waals surface area (Å²) >= 11 is 4.10. The summed E-state index contributed by atoms with van der Waals surface area (Å²) < 4.78 is 18.1. The molecule has 1 aromatic carbocycles. The van der Waals surface area contributed by atoms with Gasteiger partial charge in [-0.25, -0.2) is 4.39 Å². The van der Waals surface area contributed by atoms with E-state index in [1.165, 1.54) is 6.07 Å². The molecule has 0 aliphatic heterocycles. The summed E-state index contributed by atoms with van der Waals surface area (Å²) in [5.41, 5.74) is 1.24. The van der Waals surface area contributed by atoms with Crippen LogP contribution in [0.15, 0.2) is 28.9 Å². The molecule has 12 heavy (non-hydrogen) atoms. The standard InChI is InChI=1S/C9H7FOS/c10-8-3-1-2-7-6(5-12)4-11-9(7)8/h1-4,12H,5H2. The van der Waals surface area contributed by atoms with E-state index < -0.39 is 0 Å². The fourth-order valence-electron chi connectivity index (χ4n) is 1.20. The van der Waals surface area contributed by atoms with Gasteiger partial charge >= 0.3 is 0 Å². The maximum absolute atomic E-state index is 13.0. The first-order valence-corrected chi connectivity index (χ1v) is 4.21. The third kappa shape index (κ3) is 1.01. The number of thiol groups is 1. The second-order valence-electron chi connectivity index (χ2n) is 2.54. The number of hydrogen-bond acceptors (Lipinski definition) is 2. The molecule has 0 radical (unpaired) electrons. The van der Waals surface area contributed by atoms with Crippen molar-refractivity contribution in [1.29, 1.82) is 0 Å². The average molecular weight is 182 g/mol. The van der Waals surface area contributed by atoms with E-state index in [0.717, 1.165) is 10.9 Å². The zero-order valence-electron chi connectivity index (χ0n) is 6.25. The monoisotopic (exact) mass is 182 g/mol. The van der Waals surface area contributed by atoms with Crippen LogP contribution in [0.1, 0.15) is 5.56 Å². The summed E-state index contributed by atoms with van der Waals surface area (Å²) in [4.78, 5) is 0. The summed E-state index contributed by atoms with van der Waals surface area (Å²) in [7, 11) is 0. The van der Waals surface area contributed by atoms with Crippen molar-refractivity contribution in [2.24, 2.45) is 0 Å². The molecule has 0 amide bonds. The van der Waals surface area contributed by atoms with E-state index in [1.807, 2.05) is 6.07 Å². The highest BCUT2D eigenvalue weighted by atomic mass is 32.1. The number of rotatable bonds is 1. The van der Waals surface area contributed by atoms with Crippen LogP contribution in [-0.2, 0) is 5.75 Å². The van der Waals surface area contributed by atoms with E-state index in [2.05, 4.69) is 12.6 Å². The molecular weight excluding hydrogens is 175 g/mol. The van der Waals surface area contributed by atoms with Crippen molar-refractivity contribution in [3.05, 3.63) is 35.8 Å².